The third-order valence-electron chi connectivity index (χ3n) is 5.51. The molecule has 0 amide bonds. The zero-order valence-corrected chi connectivity index (χ0v) is 14.0. The molecule has 3 heteroatoms. The average molecular weight is 326 g/mol. The number of hydrogen-bond acceptors (Lipinski definition) is 1. The molecule has 1 aromatic rings. The van der Waals surface area contributed by atoms with Crippen LogP contribution in [0.5, 0.6) is 0 Å². The van der Waals surface area contributed by atoms with Crippen molar-refractivity contribution >= 4 is 23.2 Å². The molecule has 2 aliphatic rings. The molecule has 0 radical (unpaired) electrons. The van der Waals surface area contributed by atoms with Gasteiger partial charge in [0.05, 0.1) is 10.0 Å². The van der Waals surface area contributed by atoms with E-state index in [-0.39, 0.29) is 0 Å². The van der Waals surface area contributed by atoms with Gasteiger partial charge in [0.25, 0.3) is 0 Å². The maximum atomic E-state index is 6.37. The lowest BCUT2D eigenvalue weighted by atomic mass is 9.68. The largest absolute Gasteiger partial charge is 0.328 e. The van der Waals surface area contributed by atoms with E-state index in [0.717, 1.165) is 18.3 Å². The van der Waals surface area contributed by atoms with Crippen molar-refractivity contribution in [3.8, 4) is 0 Å². The molecule has 0 aliphatic heterocycles. The predicted octanol–water partition coefficient (Wildman–Crippen LogP) is 5.78. The molecule has 0 bridgehead atoms. The van der Waals surface area contributed by atoms with Crippen molar-refractivity contribution in [2.45, 2.75) is 63.3 Å². The van der Waals surface area contributed by atoms with Crippen molar-refractivity contribution in [1.82, 2.24) is 0 Å². The Kier molecular flexibility index (Phi) is 5.14. The van der Waals surface area contributed by atoms with Crippen LogP contribution >= 0.6 is 23.2 Å². The van der Waals surface area contributed by atoms with Crippen molar-refractivity contribution < 1.29 is 0 Å². The molecule has 21 heavy (non-hydrogen) atoms. The average Bonchev–Trinajstić information content (AvgIpc) is 2.50. The van der Waals surface area contributed by atoms with Crippen LogP contribution in [0, 0.1) is 11.8 Å². The van der Waals surface area contributed by atoms with E-state index < -0.39 is 0 Å². The monoisotopic (exact) mass is 325 g/mol. The van der Waals surface area contributed by atoms with Crippen molar-refractivity contribution in [3.63, 3.8) is 0 Å². The summed E-state index contributed by atoms with van der Waals surface area (Å²) in [6, 6.07) is 6.44. The molecular weight excluding hydrogens is 301 g/mol. The molecule has 1 aromatic carbocycles. The topological polar surface area (TPSA) is 26.0 Å². The lowest BCUT2D eigenvalue weighted by Crippen LogP contribution is -2.35. The molecule has 2 aliphatic carbocycles. The molecular formula is C18H25Cl2N. The van der Waals surface area contributed by atoms with E-state index in [1.165, 1.54) is 50.5 Å². The first-order valence-electron chi connectivity index (χ1n) is 8.34. The first kappa shape index (κ1) is 15.6. The van der Waals surface area contributed by atoms with Crippen molar-refractivity contribution in [2.75, 3.05) is 0 Å². The fraction of sp³-hybridized carbons (Fsp3) is 0.667. The van der Waals surface area contributed by atoms with Gasteiger partial charge in [0, 0.05) is 6.04 Å². The third kappa shape index (κ3) is 3.75. The second kappa shape index (κ2) is 6.89. The lowest BCUT2D eigenvalue weighted by Gasteiger charge is -2.39. The minimum absolute atomic E-state index is 0.338. The number of nitrogens with two attached hydrogens (primary N) is 1. The summed E-state index contributed by atoms with van der Waals surface area (Å²) in [5.74, 6) is 2.25. The van der Waals surface area contributed by atoms with Crippen LogP contribution in [-0.4, -0.2) is 6.04 Å². The minimum atomic E-state index is 0.338. The molecule has 116 valence electrons. The molecule has 2 N–H and O–H groups in total. The van der Waals surface area contributed by atoms with Crippen LogP contribution < -0.4 is 5.73 Å². The highest BCUT2D eigenvalue weighted by Gasteiger charge is 2.33. The molecule has 2 saturated carbocycles. The molecule has 0 aromatic heterocycles. The van der Waals surface area contributed by atoms with Gasteiger partial charge in [0.15, 0.2) is 0 Å². The Hall–Kier alpha value is -0.240. The van der Waals surface area contributed by atoms with E-state index in [0.29, 0.717) is 22.0 Å². The molecule has 1 nitrogen and oxygen atoms in total. The van der Waals surface area contributed by atoms with Gasteiger partial charge in [-0.2, -0.15) is 0 Å². The molecule has 0 heterocycles. The van der Waals surface area contributed by atoms with Crippen LogP contribution in [0.4, 0.5) is 0 Å². The smallest absolute Gasteiger partial charge is 0.0595 e. The van der Waals surface area contributed by atoms with Gasteiger partial charge < -0.3 is 5.73 Å². The van der Waals surface area contributed by atoms with Gasteiger partial charge in [0.2, 0.25) is 0 Å². The SMILES string of the molecule is N[C@@H]1CC(C2CCCCC2)C[C@@H](c2ccc(Cl)c(Cl)c2)C1. The predicted molar refractivity (Wildman–Crippen MR) is 91.1 cm³/mol. The Labute approximate surface area is 138 Å². The first-order chi connectivity index (χ1) is 10.1. The van der Waals surface area contributed by atoms with Crippen LogP contribution in [0.2, 0.25) is 10.0 Å². The van der Waals surface area contributed by atoms with Crippen molar-refractivity contribution in [3.05, 3.63) is 33.8 Å². The maximum Gasteiger partial charge on any atom is 0.0595 e. The van der Waals surface area contributed by atoms with E-state index in [9.17, 15) is 0 Å². The fourth-order valence-corrected chi connectivity index (χ4v) is 4.74. The van der Waals surface area contributed by atoms with Gasteiger partial charge in [-0.1, -0.05) is 61.4 Å². The normalized spacial score (nSPS) is 31.3. The van der Waals surface area contributed by atoms with E-state index >= 15 is 0 Å². The molecule has 2 fully saturated rings. The van der Waals surface area contributed by atoms with Crippen LogP contribution in [0.1, 0.15) is 62.8 Å². The molecule has 0 spiro atoms. The van der Waals surface area contributed by atoms with E-state index in [2.05, 4.69) is 6.07 Å². The standard InChI is InChI=1S/C18H25Cl2N/c19-17-7-6-13(11-18(17)20)15-8-14(9-16(21)10-15)12-4-2-1-3-5-12/h6-7,11-12,14-16H,1-5,8-10,21H2/t14?,15-,16-/m1/s1. The van der Waals surface area contributed by atoms with Crippen molar-refractivity contribution in [1.29, 1.82) is 0 Å². The summed E-state index contributed by atoms with van der Waals surface area (Å²) in [4.78, 5) is 0. The Morgan fingerprint density at radius 1 is 0.857 bits per heavy atom. The summed E-state index contributed by atoms with van der Waals surface area (Å²) in [6.45, 7) is 0. The Balaban J connectivity index is 1.74. The maximum absolute atomic E-state index is 6.37. The van der Waals surface area contributed by atoms with Gasteiger partial charge in [-0.25, -0.2) is 0 Å². The zero-order chi connectivity index (χ0) is 14.8. The second-order valence-electron chi connectivity index (χ2n) is 7.00. The molecule has 1 unspecified atom stereocenters. The highest BCUT2D eigenvalue weighted by molar-refractivity contribution is 6.42. The van der Waals surface area contributed by atoms with Crippen LogP contribution in [0.25, 0.3) is 0 Å². The van der Waals surface area contributed by atoms with E-state index in [1.807, 2.05) is 12.1 Å². The zero-order valence-electron chi connectivity index (χ0n) is 12.5. The summed E-state index contributed by atoms with van der Waals surface area (Å²) in [7, 11) is 0. The Bertz CT molecular complexity index is 482. The minimum Gasteiger partial charge on any atom is -0.328 e. The highest BCUT2D eigenvalue weighted by atomic mass is 35.5. The number of halogens is 2. The molecule has 3 rings (SSSR count). The van der Waals surface area contributed by atoms with E-state index in [4.69, 9.17) is 28.9 Å². The van der Waals surface area contributed by atoms with Crippen LogP contribution in [0.3, 0.4) is 0 Å². The van der Waals surface area contributed by atoms with Gasteiger partial charge >= 0.3 is 0 Å². The van der Waals surface area contributed by atoms with Gasteiger partial charge in [-0.15, -0.1) is 0 Å². The highest BCUT2D eigenvalue weighted by Crippen LogP contribution is 2.44. The van der Waals surface area contributed by atoms with E-state index in [1.54, 1.807) is 0 Å². The van der Waals surface area contributed by atoms with Gasteiger partial charge in [-0.3, -0.25) is 0 Å². The summed E-state index contributed by atoms with van der Waals surface area (Å²) in [6.07, 6.45) is 10.6. The number of hydrogen-bond donors (Lipinski definition) is 1. The number of rotatable bonds is 2. The van der Waals surface area contributed by atoms with Crippen LogP contribution in [-0.2, 0) is 0 Å². The van der Waals surface area contributed by atoms with Gasteiger partial charge in [0.1, 0.15) is 0 Å². The Morgan fingerprint density at radius 3 is 2.33 bits per heavy atom. The number of benzene rings is 1. The lowest BCUT2D eigenvalue weighted by molar-refractivity contribution is 0.170. The van der Waals surface area contributed by atoms with Crippen molar-refractivity contribution in [2.24, 2.45) is 17.6 Å². The molecule has 0 saturated heterocycles. The van der Waals surface area contributed by atoms with Crippen LogP contribution in [0.15, 0.2) is 18.2 Å². The second-order valence-corrected chi connectivity index (χ2v) is 7.81. The Morgan fingerprint density at radius 2 is 1.62 bits per heavy atom. The van der Waals surface area contributed by atoms with Gasteiger partial charge in [-0.05, 0) is 54.7 Å². The fourth-order valence-electron chi connectivity index (χ4n) is 4.44. The first-order valence-corrected chi connectivity index (χ1v) is 9.09. The summed E-state index contributed by atoms with van der Waals surface area (Å²) in [5.41, 5.74) is 7.69. The summed E-state index contributed by atoms with van der Waals surface area (Å²) < 4.78 is 0. The third-order valence-corrected chi connectivity index (χ3v) is 6.25. The summed E-state index contributed by atoms with van der Waals surface area (Å²) in [5, 5.41) is 1.31. The molecule has 3 atom stereocenters. The summed E-state index contributed by atoms with van der Waals surface area (Å²) >= 11 is 12.2. The quantitative estimate of drug-likeness (QED) is 0.732.